The fourth-order valence-electron chi connectivity index (χ4n) is 0.401. The second-order valence-corrected chi connectivity index (χ2v) is 2.82. The van der Waals surface area contributed by atoms with Crippen molar-refractivity contribution >= 4 is 5.71 Å². The van der Waals surface area contributed by atoms with Crippen LogP contribution >= 0.6 is 0 Å². The maximum atomic E-state index is 5.02. The predicted molar refractivity (Wildman–Crippen MR) is 47.8 cm³/mol. The third-order valence-electron chi connectivity index (χ3n) is 1.49. The summed E-state index contributed by atoms with van der Waals surface area (Å²) in [4.78, 5) is 5.02. The molecule has 3 nitrogen and oxygen atoms in total. The van der Waals surface area contributed by atoms with Crippen LogP contribution in [0.25, 0.3) is 0 Å². The lowest BCUT2D eigenvalue weighted by molar-refractivity contribution is 0.146. The van der Waals surface area contributed by atoms with E-state index in [2.05, 4.69) is 24.3 Å². The van der Waals surface area contributed by atoms with Crippen LogP contribution in [0.1, 0.15) is 20.8 Å². The minimum Gasteiger partial charge on any atom is -0.394 e. The minimum atomic E-state index is 0.476. The van der Waals surface area contributed by atoms with E-state index < -0.39 is 0 Å². The number of nitrogens with one attached hydrogen (secondary N) is 1. The van der Waals surface area contributed by atoms with E-state index in [0.29, 0.717) is 12.5 Å². The molecule has 0 atom stereocenters. The number of hydrogen-bond acceptors (Lipinski definition) is 3. The Balaban J connectivity index is 3.40. The maximum absolute atomic E-state index is 5.02. The summed E-state index contributed by atoms with van der Waals surface area (Å²) in [5, 5.41) is 6.91. The first-order chi connectivity index (χ1) is 5.18. The van der Waals surface area contributed by atoms with Crippen LogP contribution in [-0.2, 0) is 4.84 Å². The Kier molecular flexibility index (Phi) is 5.84. The van der Waals surface area contributed by atoms with Gasteiger partial charge in [-0.15, -0.1) is 0 Å². The molecule has 0 saturated carbocycles. The van der Waals surface area contributed by atoms with Gasteiger partial charge in [-0.05, 0) is 19.9 Å². The number of rotatable bonds is 5. The third kappa shape index (κ3) is 5.85. The normalized spacial score (nSPS) is 12.3. The molecule has 0 aromatic heterocycles. The van der Waals surface area contributed by atoms with E-state index in [0.717, 1.165) is 12.3 Å². The van der Waals surface area contributed by atoms with Gasteiger partial charge in [-0.25, -0.2) is 0 Å². The highest BCUT2D eigenvalue weighted by atomic mass is 16.6. The lowest BCUT2D eigenvalue weighted by Crippen LogP contribution is -2.13. The van der Waals surface area contributed by atoms with Gasteiger partial charge in [-0.1, -0.05) is 19.0 Å². The zero-order valence-corrected chi connectivity index (χ0v) is 7.85. The zero-order valence-electron chi connectivity index (χ0n) is 7.85. The van der Waals surface area contributed by atoms with Crippen LogP contribution in [0.15, 0.2) is 5.16 Å². The molecule has 3 heteroatoms. The predicted octanol–water partition coefficient (Wildman–Crippen LogP) is 1.25. The molecule has 11 heavy (non-hydrogen) atoms. The summed E-state index contributed by atoms with van der Waals surface area (Å²) < 4.78 is 0. The lowest BCUT2D eigenvalue weighted by atomic mass is 10.1. The van der Waals surface area contributed by atoms with Crippen LogP contribution in [-0.4, -0.2) is 25.9 Å². The molecule has 0 aliphatic heterocycles. The Morgan fingerprint density at radius 3 is 2.64 bits per heavy atom. The Morgan fingerprint density at radius 2 is 2.18 bits per heavy atom. The summed E-state index contributed by atoms with van der Waals surface area (Å²) >= 11 is 0. The smallest absolute Gasteiger partial charge is 0.129 e. The molecule has 0 aliphatic rings. The molecule has 0 unspecified atom stereocenters. The Labute approximate surface area is 68.8 Å². The van der Waals surface area contributed by atoms with Crippen molar-refractivity contribution in [2.75, 3.05) is 20.2 Å². The molecule has 0 aromatic rings. The van der Waals surface area contributed by atoms with Crippen LogP contribution in [0.5, 0.6) is 0 Å². The second-order valence-electron chi connectivity index (χ2n) is 2.82. The van der Waals surface area contributed by atoms with Gasteiger partial charge in [-0.2, -0.15) is 0 Å². The van der Waals surface area contributed by atoms with Crippen molar-refractivity contribution in [2.24, 2.45) is 11.1 Å². The summed E-state index contributed by atoms with van der Waals surface area (Å²) in [6.07, 6.45) is 0. The second kappa shape index (κ2) is 6.16. The fourth-order valence-corrected chi connectivity index (χ4v) is 0.401. The van der Waals surface area contributed by atoms with Gasteiger partial charge < -0.3 is 10.2 Å². The third-order valence-corrected chi connectivity index (χ3v) is 1.49. The van der Waals surface area contributed by atoms with Crippen LogP contribution in [0.3, 0.4) is 0 Å². The van der Waals surface area contributed by atoms with E-state index in [1.165, 1.54) is 0 Å². The van der Waals surface area contributed by atoms with E-state index in [-0.39, 0.29) is 0 Å². The maximum Gasteiger partial charge on any atom is 0.129 e. The van der Waals surface area contributed by atoms with Gasteiger partial charge in [0.25, 0.3) is 0 Å². The van der Waals surface area contributed by atoms with Crippen LogP contribution in [0.4, 0.5) is 0 Å². The molecule has 0 radical (unpaired) electrons. The Bertz CT molecular complexity index is 121. The number of nitrogens with zero attached hydrogens (tertiary/aromatic N) is 1. The molecule has 66 valence electrons. The largest absolute Gasteiger partial charge is 0.394 e. The summed E-state index contributed by atoms with van der Waals surface area (Å²) in [5.74, 6) is 0.476. The topological polar surface area (TPSA) is 33.6 Å². The summed E-state index contributed by atoms with van der Waals surface area (Å²) in [6.45, 7) is 7.65. The van der Waals surface area contributed by atoms with Gasteiger partial charge in [0.05, 0.1) is 5.71 Å². The molecule has 1 N–H and O–H groups in total. The van der Waals surface area contributed by atoms with Gasteiger partial charge in [-0.3, -0.25) is 0 Å². The molecule has 0 bridgehead atoms. The van der Waals surface area contributed by atoms with Crippen molar-refractivity contribution < 1.29 is 4.84 Å². The SMILES string of the molecule is CNCCO/N=C(\C)C(C)C. The van der Waals surface area contributed by atoms with Gasteiger partial charge >= 0.3 is 0 Å². The molecule has 0 spiro atoms. The molecule has 0 saturated heterocycles. The van der Waals surface area contributed by atoms with Crippen molar-refractivity contribution in [1.29, 1.82) is 0 Å². The molecule has 0 fully saturated rings. The zero-order chi connectivity index (χ0) is 8.69. The Morgan fingerprint density at radius 1 is 1.55 bits per heavy atom. The first-order valence-corrected chi connectivity index (χ1v) is 3.99. The molecular formula is C8H18N2O. The average molecular weight is 158 g/mol. The summed E-state index contributed by atoms with van der Waals surface area (Å²) in [6, 6.07) is 0. The van der Waals surface area contributed by atoms with Crippen molar-refractivity contribution in [3.05, 3.63) is 0 Å². The molecule has 0 heterocycles. The molecule has 0 aliphatic carbocycles. The van der Waals surface area contributed by atoms with E-state index in [1.807, 2.05) is 14.0 Å². The highest BCUT2D eigenvalue weighted by Crippen LogP contribution is 1.95. The molecular weight excluding hydrogens is 140 g/mol. The van der Waals surface area contributed by atoms with Gasteiger partial charge in [0.2, 0.25) is 0 Å². The minimum absolute atomic E-state index is 0.476. The van der Waals surface area contributed by atoms with E-state index in [4.69, 9.17) is 4.84 Å². The van der Waals surface area contributed by atoms with Gasteiger partial charge in [0.1, 0.15) is 6.61 Å². The molecule has 0 rings (SSSR count). The van der Waals surface area contributed by atoms with Crippen LogP contribution in [0, 0.1) is 5.92 Å². The molecule has 0 amide bonds. The average Bonchev–Trinajstić information content (AvgIpc) is 1.97. The number of hydrogen-bond donors (Lipinski definition) is 1. The lowest BCUT2D eigenvalue weighted by Gasteiger charge is -2.03. The van der Waals surface area contributed by atoms with Crippen molar-refractivity contribution in [1.82, 2.24) is 5.32 Å². The van der Waals surface area contributed by atoms with Crippen LogP contribution in [0.2, 0.25) is 0 Å². The highest BCUT2D eigenvalue weighted by Gasteiger charge is 1.96. The van der Waals surface area contributed by atoms with Gasteiger partial charge in [0, 0.05) is 6.54 Å². The highest BCUT2D eigenvalue weighted by molar-refractivity contribution is 5.83. The van der Waals surface area contributed by atoms with Crippen molar-refractivity contribution in [2.45, 2.75) is 20.8 Å². The van der Waals surface area contributed by atoms with E-state index in [1.54, 1.807) is 0 Å². The summed E-state index contributed by atoms with van der Waals surface area (Å²) in [7, 11) is 1.89. The monoisotopic (exact) mass is 158 g/mol. The number of oxime groups is 1. The van der Waals surface area contributed by atoms with E-state index >= 15 is 0 Å². The quantitative estimate of drug-likeness (QED) is 0.371. The summed E-state index contributed by atoms with van der Waals surface area (Å²) in [5.41, 5.74) is 1.04. The first kappa shape index (κ1) is 10.4. The first-order valence-electron chi connectivity index (χ1n) is 3.99. The van der Waals surface area contributed by atoms with Crippen LogP contribution < -0.4 is 5.32 Å². The number of likely N-dealkylation sites (N-methyl/N-ethyl adjacent to an activating group) is 1. The van der Waals surface area contributed by atoms with Crippen molar-refractivity contribution in [3.63, 3.8) is 0 Å². The molecule has 0 aromatic carbocycles. The van der Waals surface area contributed by atoms with E-state index in [9.17, 15) is 0 Å². The van der Waals surface area contributed by atoms with Crippen molar-refractivity contribution in [3.8, 4) is 0 Å². The fraction of sp³-hybridized carbons (Fsp3) is 0.875. The Hall–Kier alpha value is -0.570. The van der Waals surface area contributed by atoms with Gasteiger partial charge in [0.15, 0.2) is 0 Å². The standard InChI is InChI=1S/C8H18N2O/c1-7(2)8(3)10-11-6-5-9-4/h7,9H,5-6H2,1-4H3/b10-8+.